The second kappa shape index (κ2) is 10.5. The third kappa shape index (κ3) is 6.35. The van der Waals surface area contributed by atoms with Crippen LogP contribution in [-0.2, 0) is 16.0 Å². The van der Waals surface area contributed by atoms with Gasteiger partial charge in [0.1, 0.15) is 11.8 Å². The normalized spacial score (nSPS) is 12.5. The maximum atomic E-state index is 13.4. The fraction of sp³-hybridized carbons (Fsp3) is 0.269. The molecule has 0 saturated heterocycles. The van der Waals surface area contributed by atoms with Gasteiger partial charge in [-0.3, -0.25) is 14.6 Å². The van der Waals surface area contributed by atoms with Gasteiger partial charge in [0.2, 0.25) is 5.91 Å². The van der Waals surface area contributed by atoms with Gasteiger partial charge in [-0.2, -0.15) is 0 Å². The number of carbonyl (C=O) groups excluding carboxylic acids is 2. The van der Waals surface area contributed by atoms with Crippen molar-refractivity contribution in [1.29, 1.82) is 0 Å². The van der Waals surface area contributed by atoms with Gasteiger partial charge in [-0.15, -0.1) is 0 Å². The van der Waals surface area contributed by atoms with Crippen molar-refractivity contribution in [3.8, 4) is 5.75 Å². The minimum absolute atomic E-state index is 0.160. The number of rotatable bonds is 8. The number of ether oxygens (including phenoxy) is 1. The maximum absolute atomic E-state index is 13.4. The molecule has 33 heavy (non-hydrogen) atoms. The number of hydrogen-bond acceptors (Lipinski definition) is 4. The van der Waals surface area contributed by atoms with Crippen LogP contribution in [0.1, 0.15) is 17.2 Å². The molecule has 174 valence electrons. The number of nitrogens with zero attached hydrogens (tertiary/aromatic N) is 2. The smallest absolute Gasteiger partial charge is 0.251 e. The Morgan fingerprint density at radius 2 is 1.70 bits per heavy atom. The van der Waals surface area contributed by atoms with Crippen LogP contribution in [0.4, 0.5) is 5.69 Å². The van der Waals surface area contributed by atoms with Crippen molar-refractivity contribution in [2.75, 3.05) is 38.2 Å². The molecule has 0 aliphatic rings. The summed E-state index contributed by atoms with van der Waals surface area (Å²) in [6.45, 7) is 0. The highest BCUT2D eigenvalue weighted by atomic mass is 32.3. The number of aromatic nitrogens is 1. The molecule has 2 aromatic carbocycles. The van der Waals surface area contributed by atoms with Gasteiger partial charge in [-0.1, -0.05) is 18.2 Å². The lowest BCUT2D eigenvalue weighted by atomic mass is 10.0. The first-order valence-corrected chi connectivity index (χ1v) is 13.4. The van der Waals surface area contributed by atoms with Crippen LogP contribution in [0.3, 0.4) is 0 Å². The van der Waals surface area contributed by atoms with Crippen molar-refractivity contribution in [3.05, 3.63) is 84.2 Å². The number of likely N-dealkylation sites (N-methyl/N-ethyl adjacent to an activating group) is 1. The molecule has 0 spiro atoms. The molecule has 0 bridgehead atoms. The van der Waals surface area contributed by atoms with Crippen LogP contribution in [0.15, 0.2) is 78.0 Å². The van der Waals surface area contributed by atoms with Crippen LogP contribution in [0.5, 0.6) is 5.75 Å². The highest BCUT2D eigenvalue weighted by Gasteiger charge is 2.29. The molecule has 2 amide bonds. The summed E-state index contributed by atoms with van der Waals surface area (Å²) in [5.74, 6) is 0.228. The van der Waals surface area contributed by atoms with Crippen LogP contribution in [-0.4, -0.2) is 54.6 Å². The van der Waals surface area contributed by atoms with Gasteiger partial charge in [-0.25, -0.2) is 10.0 Å². The Morgan fingerprint density at radius 1 is 1.03 bits per heavy atom. The Labute approximate surface area is 197 Å². The summed E-state index contributed by atoms with van der Waals surface area (Å²) in [5.41, 5.74) is 2.19. The highest BCUT2D eigenvalue weighted by molar-refractivity contribution is 8.32. The van der Waals surface area contributed by atoms with Gasteiger partial charge in [-0.05, 0) is 77.3 Å². The summed E-state index contributed by atoms with van der Waals surface area (Å²) in [6.07, 6.45) is 10.2. The van der Waals surface area contributed by atoms with E-state index in [2.05, 4.69) is 29.1 Å². The zero-order valence-electron chi connectivity index (χ0n) is 19.7. The Kier molecular flexibility index (Phi) is 7.76. The SMILES string of the molecule is COc1ccc(C(C(=O)Nc2ccc(S(C)(C)C)cc2)N(C)C(=O)Cc2cccnc2)cc1. The summed E-state index contributed by atoms with van der Waals surface area (Å²) >= 11 is 0. The molecule has 0 aliphatic carbocycles. The van der Waals surface area contributed by atoms with Crippen molar-refractivity contribution in [2.24, 2.45) is 0 Å². The Balaban J connectivity index is 1.85. The fourth-order valence-electron chi connectivity index (χ4n) is 3.44. The van der Waals surface area contributed by atoms with E-state index < -0.39 is 16.1 Å². The number of hydrogen-bond donors (Lipinski definition) is 1. The van der Waals surface area contributed by atoms with Crippen molar-refractivity contribution >= 4 is 27.5 Å². The lowest BCUT2D eigenvalue weighted by Gasteiger charge is -2.28. The molecule has 0 aliphatic heterocycles. The van der Waals surface area contributed by atoms with Gasteiger partial charge >= 0.3 is 0 Å². The molecule has 6 nitrogen and oxygen atoms in total. The van der Waals surface area contributed by atoms with E-state index in [1.807, 2.05) is 42.5 Å². The Morgan fingerprint density at radius 3 is 2.24 bits per heavy atom. The van der Waals surface area contributed by atoms with E-state index in [0.29, 0.717) is 17.0 Å². The van der Waals surface area contributed by atoms with Crippen molar-refractivity contribution in [2.45, 2.75) is 17.4 Å². The number of benzene rings is 2. The van der Waals surface area contributed by atoms with E-state index in [1.54, 1.807) is 44.8 Å². The van der Waals surface area contributed by atoms with E-state index in [4.69, 9.17) is 4.74 Å². The van der Waals surface area contributed by atoms with Crippen LogP contribution >= 0.6 is 10.0 Å². The minimum atomic E-state index is -0.851. The quantitative estimate of drug-likeness (QED) is 0.531. The molecule has 1 unspecified atom stereocenters. The predicted molar refractivity (Wildman–Crippen MR) is 135 cm³/mol. The summed E-state index contributed by atoms with van der Waals surface area (Å²) in [4.78, 5) is 33.3. The fourth-order valence-corrected chi connectivity index (χ4v) is 4.39. The van der Waals surface area contributed by atoms with Gasteiger partial charge in [0.25, 0.3) is 5.91 Å². The average Bonchev–Trinajstić information content (AvgIpc) is 2.80. The van der Waals surface area contributed by atoms with Crippen LogP contribution in [0.2, 0.25) is 0 Å². The van der Waals surface area contributed by atoms with Gasteiger partial charge in [0.15, 0.2) is 0 Å². The van der Waals surface area contributed by atoms with Crippen LogP contribution < -0.4 is 10.1 Å². The lowest BCUT2D eigenvalue weighted by molar-refractivity contribution is -0.136. The van der Waals surface area contributed by atoms with Gasteiger partial charge < -0.3 is 15.0 Å². The first kappa shape index (κ1) is 24.3. The molecule has 3 rings (SSSR count). The first-order valence-electron chi connectivity index (χ1n) is 10.6. The lowest BCUT2D eigenvalue weighted by Crippen LogP contribution is -2.39. The van der Waals surface area contributed by atoms with Gasteiger partial charge in [0, 0.05) is 25.1 Å². The van der Waals surface area contributed by atoms with Crippen molar-refractivity contribution in [3.63, 3.8) is 0 Å². The number of carbonyl (C=O) groups is 2. The first-order chi connectivity index (χ1) is 15.7. The van der Waals surface area contributed by atoms with E-state index in [1.165, 1.54) is 9.80 Å². The van der Waals surface area contributed by atoms with E-state index in [9.17, 15) is 9.59 Å². The second-order valence-corrected chi connectivity index (χ2v) is 12.7. The number of anilines is 1. The van der Waals surface area contributed by atoms with Crippen LogP contribution in [0.25, 0.3) is 0 Å². The zero-order valence-corrected chi connectivity index (χ0v) is 20.6. The third-order valence-corrected chi connectivity index (χ3v) is 7.05. The molecule has 1 heterocycles. The summed E-state index contributed by atoms with van der Waals surface area (Å²) in [7, 11) is 2.39. The van der Waals surface area contributed by atoms with Gasteiger partial charge in [0.05, 0.1) is 13.5 Å². The number of methoxy groups -OCH3 is 1. The molecule has 0 saturated carbocycles. The zero-order chi connectivity index (χ0) is 24.0. The number of pyridine rings is 1. The molecule has 0 fully saturated rings. The van der Waals surface area contributed by atoms with E-state index >= 15 is 0 Å². The Hall–Kier alpha value is -3.32. The Bertz CT molecular complexity index is 1080. The topological polar surface area (TPSA) is 71.5 Å². The molecule has 0 radical (unpaired) electrons. The molecule has 1 aromatic heterocycles. The monoisotopic (exact) mass is 465 g/mol. The van der Waals surface area contributed by atoms with Crippen LogP contribution in [0, 0.1) is 0 Å². The third-order valence-electron chi connectivity index (χ3n) is 5.37. The molecule has 1 N–H and O–H groups in total. The molecular weight excluding hydrogens is 434 g/mol. The largest absolute Gasteiger partial charge is 0.497 e. The molecule has 1 atom stereocenters. The maximum Gasteiger partial charge on any atom is 0.251 e. The number of amides is 2. The van der Waals surface area contributed by atoms with Crippen molar-refractivity contribution in [1.82, 2.24) is 9.88 Å². The predicted octanol–water partition coefficient (Wildman–Crippen LogP) is 4.52. The average molecular weight is 466 g/mol. The standard InChI is InChI=1S/C26H31N3O3S/c1-29(24(30)17-19-7-6-16-27-18-19)25(20-8-12-22(32-2)13-9-20)26(31)28-21-10-14-23(15-11-21)33(3,4)5/h6-16,18,25H,17H2,1-5H3,(H,28,31). The highest BCUT2D eigenvalue weighted by Crippen LogP contribution is 2.45. The molecule has 3 aromatic rings. The minimum Gasteiger partial charge on any atom is -0.497 e. The molecule has 7 heteroatoms. The molecular formula is C26H31N3O3S. The van der Waals surface area contributed by atoms with E-state index in [-0.39, 0.29) is 18.2 Å². The van der Waals surface area contributed by atoms with Crippen molar-refractivity contribution < 1.29 is 14.3 Å². The second-order valence-electron chi connectivity index (χ2n) is 8.57. The summed E-state index contributed by atoms with van der Waals surface area (Å²) in [5, 5.41) is 2.98. The van der Waals surface area contributed by atoms with E-state index in [0.717, 1.165) is 5.56 Å². The summed E-state index contributed by atoms with van der Waals surface area (Å²) in [6, 6.07) is 17.9. The number of nitrogens with one attached hydrogen (secondary N) is 1. The summed E-state index contributed by atoms with van der Waals surface area (Å²) < 4.78 is 5.24.